The van der Waals surface area contributed by atoms with Gasteiger partial charge >= 0.3 is 0 Å². The van der Waals surface area contributed by atoms with Crippen molar-refractivity contribution in [3.05, 3.63) is 47.7 Å². The molecular weight excluding hydrogens is 461 g/mol. The number of fused-ring (bicyclic) bond motifs is 3. The highest BCUT2D eigenvalue weighted by Gasteiger charge is 2.46. The van der Waals surface area contributed by atoms with E-state index in [0.29, 0.717) is 16.4 Å². The second-order valence-corrected chi connectivity index (χ2v) is 13.3. The molecular formula is C33H56FNS. The fourth-order valence-corrected chi connectivity index (χ4v) is 6.87. The van der Waals surface area contributed by atoms with Crippen LogP contribution in [0.5, 0.6) is 0 Å². The molecule has 1 heterocycles. The Hall–Kier alpha value is -1.09. The van der Waals surface area contributed by atoms with E-state index in [1.54, 1.807) is 29.6 Å². The summed E-state index contributed by atoms with van der Waals surface area (Å²) < 4.78 is 13.4. The second kappa shape index (κ2) is 14.2. The van der Waals surface area contributed by atoms with Gasteiger partial charge in [0, 0.05) is 11.8 Å². The predicted octanol–water partition coefficient (Wildman–Crippen LogP) is 11.3. The Balaban J connectivity index is 0.000000355. The van der Waals surface area contributed by atoms with Crippen molar-refractivity contribution in [3.8, 4) is 0 Å². The van der Waals surface area contributed by atoms with Crippen LogP contribution in [0.3, 0.4) is 0 Å². The maximum atomic E-state index is 13.4. The number of allylic oxidation sites excluding steroid dienone is 3. The molecule has 2 fully saturated rings. The van der Waals surface area contributed by atoms with Gasteiger partial charge in [-0.25, -0.2) is 9.37 Å². The summed E-state index contributed by atoms with van der Waals surface area (Å²) in [4.78, 5) is 4.16. The number of aromatic nitrogens is 1. The van der Waals surface area contributed by atoms with E-state index in [1.807, 2.05) is 19.9 Å². The number of thioether (sulfide) groups is 1. The number of rotatable bonds is 3. The van der Waals surface area contributed by atoms with Gasteiger partial charge in [-0.1, -0.05) is 91.7 Å². The number of alkyl halides is 1. The molecule has 0 spiro atoms. The van der Waals surface area contributed by atoms with Gasteiger partial charge < -0.3 is 0 Å². The van der Waals surface area contributed by atoms with E-state index in [2.05, 4.69) is 45.3 Å². The fourth-order valence-electron chi connectivity index (χ4n) is 6.29. The lowest BCUT2D eigenvalue weighted by molar-refractivity contribution is 0.0555. The van der Waals surface area contributed by atoms with Gasteiger partial charge in [0.15, 0.2) is 0 Å². The number of pyridine rings is 1. The van der Waals surface area contributed by atoms with Crippen molar-refractivity contribution < 1.29 is 4.39 Å². The minimum absolute atomic E-state index is 0. The lowest BCUT2D eigenvalue weighted by atomic mass is 9.53. The maximum Gasteiger partial charge on any atom is 0.131 e. The molecule has 1 aromatic heterocycles. The molecule has 0 saturated heterocycles. The predicted molar refractivity (Wildman–Crippen MR) is 160 cm³/mol. The zero-order valence-electron chi connectivity index (χ0n) is 24.0. The van der Waals surface area contributed by atoms with Gasteiger partial charge in [0.2, 0.25) is 0 Å². The quantitative estimate of drug-likeness (QED) is 0.370. The first-order valence-electron chi connectivity index (χ1n) is 14.1. The second-order valence-electron chi connectivity index (χ2n) is 12.0. The zero-order chi connectivity index (χ0) is 26.3. The molecule has 2 saturated carbocycles. The fraction of sp³-hybridized carbons (Fsp3) is 0.727. The lowest BCUT2D eigenvalue weighted by Crippen LogP contribution is -2.41. The highest BCUT2D eigenvalue weighted by atomic mass is 32.2. The van der Waals surface area contributed by atoms with E-state index < -0.39 is 5.67 Å². The van der Waals surface area contributed by atoms with Crippen LogP contribution in [0, 0.1) is 22.7 Å². The molecule has 1 nitrogen and oxygen atoms in total. The third-order valence-electron chi connectivity index (χ3n) is 8.52. The average Bonchev–Trinajstić information content (AvgIpc) is 2.79. The topological polar surface area (TPSA) is 12.9 Å². The molecule has 3 aliphatic rings. The highest BCUT2D eigenvalue weighted by molar-refractivity contribution is 7.99. The van der Waals surface area contributed by atoms with Gasteiger partial charge in [-0.15, -0.1) is 11.8 Å². The van der Waals surface area contributed by atoms with E-state index in [1.165, 1.54) is 77.2 Å². The van der Waals surface area contributed by atoms with Gasteiger partial charge in [0.25, 0.3) is 0 Å². The van der Waals surface area contributed by atoms with E-state index in [-0.39, 0.29) is 7.43 Å². The normalized spacial score (nSPS) is 27.1. The first-order valence-corrected chi connectivity index (χ1v) is 15.1. The van der Waals surface area contributed by atoms with Gasteiger partial charge in [-0.05, 0) is 93.3 Å². The van der Waals surface area contributed by atoms with Crippen LogP contribution in [-0.4, -0.2) is 10.7 Å². The summed E-state index contributed by atoms with van der Waals surface area (Å²) in [7, 11) is 0. The van der Waals surface area contributed by atoms with Crippen molar-refractivity contribution in [2.75, 3.05) is 5.75 Å². The Kier molecular flexibility index (Phi) is 13.0. The van der Waals surface area contributed by atoms with Gasteiger partial charge in [-0.3, -0.25) is 0 Å². The zero-order valence-corrected chi connectivity index (χ0v) is 24.8. The molecule has 3 heteroatoms. The molecule has 206 valence electrons. The maximum absolute atomic E-state index is 13.4. The van der Waals surface area contributed by atoms with Crippen LogP contribution in [0.2, 0.25) is 0 Å². The first-order chi connectivity index (χ1) is 16.4. The number of hydrogen-bond donors (Lipinski definition) is 0. The molecule has 36 heavy (non-hydrogen) atoms. The van der Waals surface area contributed by atoms with Gasteiger partial charge in [0.1, 0.15) is 5.67 Å². The molecule has 0 aliphatic heterocycles. The monoisotopic (exact) mass is 517 g/mol. The van der Waals surface area contributed by atoms with Crippen LogP contribution in [0.25, 0.3) is 0 Å². The summed E-state index contributed by atoms with van der Waals surface area (Å²) in [5.74, 6) is 2.93. The Morgan fingerprint density at radius 2 is 1.75 bits per heavy atom. The van der Waals surface area contributed by atoms with Crippen LogP contribution in [-0.2, 0) is 5.67 Å². The third kappa shape index (κ3) is 8.74. The highest BCUT2D eigenvalue weighted by Crippen LogP contribution is 2.57. The molecule has 3 unspecified atom stereocenters. The van der Waals surface area contributed by atoms with Crippen LogP contribution < -0.4 is 0 Å². The van der Waals surface area contributed by atoms with Crippen molar-refractivity contribution in [1.82, 2.24) is 4.98 Å². The summed E-state index contributed by atoms with van der Waals surface area (Å²) in [5, 5.41) is 0.954. The van der Waals surface area contributed by atoms with Crippen LogP contribution >= 0.6 is 11.8 Å². The standard InChI is InChI=1S/C20H32.C10H14FNS.C2H6.CH4/c1-15-9-13-20(4)17(14-15)8-7-16-6-5-11-19(2,3)12-10-18(16)20;1-4-13-9-6-5-8(7-12-9)10(2,3)11;1-2;/h14,16,18H,1,5-13H2,2-4H3;5-7H,4H2,1-3H3;1-2H3;1H4. The Morgan fingerprint density at radius 1 is 1.06 bits per heavy atom. The van der Waals surface area contributed by atoms with Crippen molar-refractivity contribution >= 4 is 11.8 Å². The third-order valence-corrected chi connectivity index (χ3v) is 9.35. The summed E-state index contributed by atoms with van der Waals surface area (Å²) in [5.41, 5.74) is 3.53. The molecule has 3 atom stereocenters. The SMILES string of the molecule is C.C=C1C=C2CCC3CCCC(C)(C)CCC3C2(C)CC1.CC.CCSc1ccc(C(C)(C)F)cn1. The first kappa shape index (κ1) is 32.9. The smallest absolute Gasteiger partial charge is 0.131 e. The molecule has 0 amide bonds. The lowest BCUT2D eigenvalue weighted by Gasteiger charge is -2.52. The van der Waals surface area contributed by atoms with Crippen LogP contribution in [0.4, 0.5) is 4.39 Å². The summed E-state index contributed by atoms with van der Waals surface area (Å²) >= 11 is 1.66. The van der Waals surface area contributed by atoms with Crippen molar-refractivity contribution in [1.29, 1.82) is 0 Å². The van der Waals surface area contributed by atoms with E-state index >= 15 is 0 Å². The van der Waals surface area contributed by atoms with Crippen molar-refractivity contribution in [3.63, 3.8) is 0 Å². The molecule has 3 aliphatic carbocycles. The summed E-state index contributed by atoms with van der Waals surface area (Å²) in [6, 6.07) is 3.66. The minimum Gasteiger partial charge on any atom is -0.250 e. The Labute approximate surface area is 228 Å². The number of hydrogen-bond acceptors (Lipinski definition) is 2. The van der Waals surface area contributed by atoms with Crippen molar-refractivity contribution in [2.24, 2.45) is 22.7 Å². The van der Waals surface area contributed by atoms with E-state index in [0.717, 1.165) is 22.6 Å². The van der Waals surface area contributed by atoms with Crippen LogP contribution in [0.1, 0.15) is 126 Å². The Morgan fingerprint density at radius 3 is 2.33 bits per heavy atom. The van der Waals surface area contributed by atoms with E-state index in [9.17, 15) is 4.39 Å². The van der Waals surface area contributed by atoms with Crippen LogP contribution in [0.15, 0.2) is 47.2 Å². The minimum atomic E-state index is -1.29. The molecule has 0 N–H and O–H groups in total. The molecule has 4 rings (SSSR count). The largest absolute Gasteiger partial charge is 0.250 e. The summed E-state index contributed by atoms with van der Waals surface area (Å²) in [6.07, 6.45) is 16.7. The number of halogens is 1. The molecule has 0 radical (unpaired) electrons. The summed E-state index contributed by atoms with van der Waals surface area (Å²) in [6.45, 7) is 20.9. The number of nitrogens with zero attached hydrogens (tertiary/aromatic N) is 1. The molecule has 1 aromatic rings. The Bertz CT molecular complexity index is 832. The van der Waals surface area contributed by atoms with E-state index in [4.69, 9.17) is 0 Å². The van der Waals surface area contributed by atoms with Gasteiger partial charge in [0.05, 0.1) is 5.03 Å². The van der Waals surface area contributed by atoms with Crippen molar-refractivity contribution in [2.45, 2.75) is 131 Å². The molecule has 0 bridgehead atoms. The van der Waals surface area contributed by atoms with Gasteiger partial charge in [-0.2, -0.15) is 0 Å². The molecule has 0 aromatic carbocycles. The average molecular weight is 518 g/mol.